The van der Waals surface area contributed by atoms with E-state index in [-0.39, 0.29) is 5.69 Å². The van der Waals surface area contributed by atoms with E-state index in [1.54, 1.807) is 12.2 Å². The molecule has 1 rings (SSSR count). The summed E-state index contributed by atoms with van der Waals surface area (Å²) in [7, 11) is 0. The van der Waals surface area contributed by atoms with Crippen molar-refractivity contribution < 1.29 is 13.2 Å². The van der Waals surface area contributed by atoms with Crippen LogP contribution in [0.3, 0.4) is 0 Å². The van der Waals surface area contributed by atoms with Crippen LogP contribution in [0.1, 0.15) is 11.1 Å². The molecule has 0 aliphatic carbocycles. The summed E-state index contributed by atoms with van der Waals surface area (Å²) in [5.41, 5.74) is 4.80. The van der Waals surface area contributed by atoms with Gasteiger partial charge >= 0.3 is 6.18 Å². The summed E-state index contributed by atoms with van der Waals surface area (Å²) in [6, 6.07) is 3.58. The van der Waals surface area contributed by atoms with Crippen molar-refractivity contribution in [3.05, 3.63) is 35.4 Å². The van der Waals surface area contributed by atoms with Crippen molar-refractivity contribution in [2.24, 2.45) is 0 Å². The zero-order chi connectivity index (χ0) is 11.5. The summed E-state index contributed by atoms with van der Waals surface area (Å²) < 4.78 is 36.9. The van der Waals surface area contributed by atoms with Crippen LogP contribution in [0.25, 0.3) is 6.08 Å². The summed E-state index contributed by atoms with van der Waals surface area (Å²) >= 11 is 5.40. The van der Waals surface area contributed by atoms with Crippen LogP contribution < -0.4 is 5.73 Å². The van der Waals surface area contributed by atoms with Gasteiger partial charge in [0.1, 0.15) is 0 Å². The number of nitrogens with two attached hydrogens (primary N) is 1. The molecule has 15 heavy (non-hydrogen) atoms. The van der Waals surface area contributed by atoms with E-state index in [1.807, 2.05) is 0 Å². The summed E-state index contributed by atoms with van der Waals surface area (Å²) in [6.07, 6.45) is -1.16. The van der Waals surface area contributed by atoms with Crippen LogP contribution in [0, 0.1) is 0 Å². The lowest BCUT2D eigenvalue weighted by molar-refractivity contribution is -0.136. The van der Waals surface area contributed by atoms with Crippen molar-refractivity contribution in [2.75, 3.05) is 11.6 Å². The van der Waals surface area contributed by atoms with Gasteiger partial charge < -0.3 is 5.73 Å². The normalized spacial score (nSPS) is 12.3. The highest BCUT2D eigenvalue weighted by Gasteiger charge is 2.32. The van der Waals surface area contributed by atoms with Crippen molar-refractivity contribution in [1.82, 2.24) is 0 Å². The average molecular weight is 236 g/mol. The Morgan fingerprint density at radius 1 is 1.33 bits per heavy atom. The zero-order valence-corrected chi connectivity index (χ0v) is 8.44. The first-order valence-electron chi connectivity index (χ1n) is 4.14. The van der Waals surface area contributed by atoms with Gasteiger partial charge in [-0.1, -0.05) is 18.2 Å². The standard InChI is InChI=1S/C10H9ClF3N/c11-5-1-2-7-3-4-8(9(15)6-7)10(12,13)14/h1-4,6H,5,15H2. The van der Waals surface area contributed by atoms with Gasteiger partial charge in [0.05, 0.1) is 5.56 Å². The molecule has 0 saturated heterocycles. The lowest BCUT2D eigenvalue weighted by Gasteiger charge is -2.09. The third-order valence-electron chi connectivity index (χ3n) is 1.78. The highest BCUT2D eigenvalue weighted by molar-refractivity contribution is 6.19. The van der Waals surface area contributed by atoms with Crippen molar-refractivity contribution in [1.29, 1.82) is 0 Å². The van der Waals surface area contributed by atoms with Crippen LogP contribution in [0.2, 0.25) is 0 Å². The molecule has 82 valence electrons. The minimum atomic E-state index is -4.40. The predicted octanol–water partition coefficient (Wildman–Crippen LogP) is 3.54. The van der Waals surface area contributed by atoms with E-state index in [0.717, 1.165) is 6.07 Å². The van der Waals surface area contributed by atoms with E-state index in [0.29, 0.717) is 11.4 Å². The predicted molar refractivity (Wildman–Crippen MR) is 55.6 cm³/mol. The highest BCUT2D eigenvalue weighted by Crippen LogP contribution is 2.33. The van der Waals surface area contributed by atoms with E-state index in [1.165, 1.54) is 12.1 Å². The smallest absolute Gasteiger partial charge is 0.398 e. The molecule has 2 N–H and O–H groups in total. The van der Waals surface area contributed by atoms with Crippen LogP contribution >= 0.6 is 11.6 Å². The first-order valence-corrected chi connectivity index (χ1v) is 4.68. The number of hydrogen-bond donors (Lipinski definition) is 1. The van der Waals surface area contributed by atoms with E-state index in [4.69, 9.17) is 17.3 Å². The third kappa shape index (κ3) is 3.16. The number of alkyl halides is 4. The maximum atomic E-state index is 12.3. The largest absolute Gasteiger partial charge is 0.418 e. The Bertz CT molecular complexity index is 371. The maximum absolute atomic E-state index is 12.3. The SMILES string of the molecule is Nc1cc(C=CCCl)ccc1C(F)(F)F. The third-order valence-corrected chi connectivity index (χ3v) is 1.96. The van der Waals surface area contributed by atoms with Gasteiger partial charge in [-0.2, -0.15) is 13.2 Å². The Labute approximate surface area is 90.3 Å². The Morgan fingerprint density at radius 2 is 2.00 bits per heavy atom. The van der Waals surface area contributed by atoms with Gasteiger partial charge in [-0.15, -0.1) is 11.6 Å². The van der Waals surface area contributed by atoms with Crippen molar-refractivity contribution in [3.63, 3.8) is 0 Å². The van der Waals surface area contributed by atoms with Gasteiger partial charge in [-0.3, -0.25) is 0 Å². The van der Waals surface area contributed by atoms with Crippen LogP contribution in [0.4, 0.5) is 18.9 Å². The van der Waals surface area contributed by atoms with Crippen LogP contribution in [-0.4, -0.2) is 5.88 Å². The van der Waals surface area contributed by atoms with E-state index >= 15 is 0 Å². The fraction of sp³-hybridized carbons (Fsp3) is 0.200. The maximum Gasteiger partial charge on any atom is 0.418 e. The molecule has 0 aliphatic heterocycles. The van der Waals surface area contributed by atoms with Gasteiger partial charge in [-0.05, 0) is 17.7 Å². The molecule has 1 aromatic carbocycles. The summed E-state index contributed by atoms with van der Waals surface area (Å²) in [5, 5.41) is 0. The van der Waals surface area contributed by atoms with Gasteiger partial charge in [-0.25, -0.2) is 0 Å². The Balaban J connectivity index is 3.04. The molecule has 0 aliphatic rings. The molecule has 0 fully saturated rings. The lowest BCUT2D eigenvalue weighted by atomic mass is 10.1. The minimum Gasteiger partial charge on any atom is -0.398 e. The van der Waals surface area contributed by atoms with E-state index in [9.17, 15) is 13.2 Å². The van der Waals surface area contributed by atoms with Crippen LogP contribution in [0.5, 0.6) is 0 Å². The molecule has 1 nitrogen and oxygen atoms in total. The number of rotatable bonds is 2. The molecular formula is C10H9ClF3N. The van der Waals surface area contributed by atoms with Gasteiger partial charge in [0.15, 0.2) is 0 Å². The molecule has 0 amide bonds. The van der Waals surface area contributed by atoms with Gasteiger partial charge in [0, 0.05) is 11.6 Å². The average Bonchev–Trinajstić information content (AvgIpc) is 2.12. The molecule has 0 aromatic heterocycles. The van der Waals surface area contributed by atoms with E-state index in [2.05, 4.69) is 0 Å². The molecule has 0 atom stereocenters. The fourth-order valence-electron chi connectivity index (χ4n) is 1.12. The molecule has 0 heterocycles. The molecule has 0 saturated carbocycles. The number of anilines is 1. The number of hydrogen-bond acceptors (Lipinski definition) is 1. The van der Waals surface area contributed by atoms with E-state index < -0.39 is 11.7 Å². The molecule has 0 radical (unpaired) electrons. The minimum absolute atomic E-state index is 0.278. The monoisotopic (exact) mass is 235 g/mol. The quantitative estimate of drug-likeness (QED) is 0.616. The Kier molecular flexibility index (Phi) is 3.63. The number of nitrogen functional groups attached to an aromatic ring is 1. The second kappa shape index (κ2) is 4.57. The topological polar surface area (TPSA) is 26.0 Å². The number of halogens is 4. The lowest BCUT2D eigenvalue weighted by Crippen LogP contribution is -2.08. The van der Waals surface area contributed by atoms with Crippen LogP contribution in [0.15, 0.2) is 24.3 Å². The van der Waals surface area contributed by atoms with Gasteiger partial charge in [0.2, 0.25) is 0 Å². The molecule has 0 bridgehead atoms. The molecular weight excluding hydrogens is 227 g/mol. The Morgan fingerprint density at radius 3 is 2.47 bits per heavy atom. The molecule has 0 spiro atoms. The molecule has 5 heteroatoms. The second-order valence-corrected chi connectivity index (χ2v) is 3.21. The molecule has 0 unspecified atom stereocenters. The van der Waals surface area contributed by atoms with Crippen LogP contribution in [-0.2, 0) is 6.18 Å². The van der Waals surface area contributed by atoms with Gasteiger partial charge in [0.25, 0.3) is 0 Å². The number of allylic oxidation sites excluding steroid dienone is 1. The Hall–Kier alpha value is -1.16. The highest BCUT2D eigenvalue weighted by atomic mass is 35.5. The first-order chi connectivity index (χ1) is 6.95. The summed E-state index contributed by atoms with van der Waals surface area (Å²) in [4.78, 5) is 0. The zero-order valence-electron chi connectivity index (χ0n) is 7.68. The van der Waals surface area contributed by atoms with Crippen molar-refractivity contribution >= 4 is 23.4 Å². The summed E-state index contributed by atoms with van der Waals surface area (Å²) in [6.45, 7) is 0. The van der Waals surface area contributed by atoms with Crippen molar-refractivity contribution in [2.45, 2.75) is 6.18 Å². The second-order valence-electron chi connectivity index (χ2n) is 2.90. The fourth-order valence-corrected chi connectivity index (χ4v) is 1.21. The first kappa shape index (κ1) is 11.9. The molecule has 1 aromatic rings. The van der Waals surface area contributed by atoms with Crippen molar-refractivity contribution in [3.8, 4) is 0 Å². The number of benzene rings is 1. The summed E-state index contributed by atoms with van der Waals surface area (Å²) in [5.74, 6) is 0.306.